The first kappa shape index (κ1) is 10.7. The number of benzene rings is 1. The quantitative estimate of drug-likeness (QED) is 0.854. The van der Waals surface area contributed by atoms with Gasteiger partial charge in [-0.25, -0.2) is 0 Å². The first-order chi connectivity index (χ1) is 8.34. The molecule has 2 aromatic rings. The number of carbonyl (C=O) groups excluding carboxylic acids is 1. The van der Waals surface area contributed by atoms with Gasteiger partial charge in [0.25, 0.3) is 0 Å². The van der Waals surface area contributed by atoms with Crippen molar-refractivity contribution in [2.45, 2.75) is 6.42 Å². The zero-order chi connectivity index (χ0) is 11.7. The van der Waals surface area contributed by atoms with Gasteiger partial charge in [-0.1, -0.05) is 18.2 Å². The van der Waals surface area contributed by atoms with E-state index in [1.54, 1.807) is 11.3 Å². The highest BCUT2D eigenvalue weighted by Crippen LogP contribution is 2.30. The van der Waals surface area contributed by atoms with Crippen LogP contribution in [0, 0.1) is 5.92 Å². The van der Waals surface area contributed by atoms with Crippen LogP contribution >= 0.6 is 11.3 Å². The second-order valence-electron chi connectivity index (χ2n) is 4.32. The zero-order valence-corrected chi connectivity index (χ0v) is 10.2. The minimum Gasteiger partial charge on any atom is -0.325 e. The second kappa shape index (κ2) is 4.47. The maximum atomic E-state index is 12.0. The molecule has 0 spiro atoms. The van der Waals surface area contributed by atoms with Gasteiger partial charge in [0.1, 0.15) is 0 Å². The predicted octanol–water partition coefficient (Wildman–Crippen LogP) is 2.45. The minimum atomic E-state index is 0.119. The molecule has 2 heterocycles. The van der Waals surface area contributed by atoms with Crippen molar-refractivity contribution in [3.8, 4) is 0 Å². The van der Waals surface area contributed by atoms with E-state index in [0.29, 0.717) is 0 Å². The number of fused-ring (bicyclic) bond motifs is 1. The molecule has 1 aromatic carbocycles. The van der Waals surface area contributed by atoms with Crippen molar-refractivity contribution < 1.29 is 4.79 Å². The predicted molar refractivity (Wildman–Crippen MR) is 71.4 cm³/mol. The molecule has 1 fully saturated rings. The molecule has 1 aromatic heterocycles. The molecule has 0 bridgehead atoms. The van der Waals surface area contributed by atoms with E-state index in [9.17, 15) is 4.79 Å². The summed E-state index contributed by atoms with van der Waals surface area (Å²) in [6.07, 6.45) is 0.938. The molecule has 1 aliphatic heterocycles. The lowest BCUT2D eigenvalue weighted by molar-refractivity contribution is -0.119. The first-order valence-electron chi connectivity index (χ1n) is 5.82. The molecular weight excluding hydrogens is 232 g/mol. The summed E-state index contributed by atoms with van der Waals surface area (Å²) in [6.45, 7) is 1.75. The van der Waals surface area contributed by atoms with Crippen molar-refractivity contribution in [1.29, 1.82) is 0 Å². The molecule has 17 heavy (non-hydrogen) atoms. The fourth-order valence-corrected chi connectivity index (χ4v) is 3.08. The Hall–Kier alpha value is -1.39. The van der Waals surface area contributed by atoms with Crippen LogP contribution in [0.2, 0.25) is 0 Å². The lowest BCUT2D eigenvalue weighted by Crippen LogP contribution is -2.24. The maximum absolute atomic E-state index is 12.0. The Morgan fingerprint density at radius 1 is 1.41 bits per heavy atom. The third kappa shape index (κ3) is 2.06. The summed E-state index contributed by atoms with van der Waals surface area (Å²) in [7, 11) is 0. The van der Waals surface area contributed by atoms with E-state index in [-0.39, 0.29) is 11.8 Å². The Bertz CT molecular complexity index is 543. The average Bonchev–Trinajstić information content (AvgIpc) is 2.98. The van der Waals surface area contributed by atoms with E-state index in [0.717, 1.165) is 30.6 Å². The standard InChI is InChI=1S/C13H14N2OS/c16-13(9-5-6-14-7-9)15-11-8-17-12-4-2-1-3-10(11)12/h1-4,8-9,14H,5-7H2,(H,15,16). The third-order valence-corrected chi connectivity index (χ3v) is 4.13. The average molecular weight is 246 g/mol. The normalized spacial score (nSPS) is 19.6. The van der Waals surface area contributed by atoms with Gasteiger partial charge in [-0.15, -0.1) is 11.3 Å². The molecule has 2 N–H and O–H groups in total. The van der Waals surface area contributed by atoms with E-state index in [1.807, 2.05) is 23.6 Å². The smallest absolute Gasteiger partial charge is 0.228 e. The van der Waals surface area contributed by atoms with Crippen LogP contribution < -0.4 is 10.6 Å². The number of nitrogens with one attached hydrogen (secondary N) is 2. The van der Waals surface area contributed by atoms with Crippen LogP contribution in [-0.2, 0) is 4.79 Å². The SMILES string of the molecule is O=C(Nc1csc2ccccc12)C1CCNC1. The molecule has 1 amide bonds. The Morgan fingerprint density at radius 3 is 3.12 bits per heavy atom. The Balaban J connectivity index is 1.82. The van der Waals surface area contributed by atoms with E-state index < -0.39 is 0 Å². The summed E-state index contributed by atoms with van der Waals surface area (Å²) in [4.78, 5) is 12.0. The monoisotopic (exact) mass is 246 g/mol. The van der Waals surface area contributed by atoms with Crippen LogP contribution in [0.1, 0.15) is 6.42 Å². The summed E-state index contributed by atoms with van der Waals surface area (Å²) >= 11 is 1.67. The van der Waals surface area contributed by atoms with Gasteiger partial charge in [0, 0.05) is 22.0 Å². The molecular formula is C13H14N2OS. The number of hydrogen-bond acceptors (Lipinski definition) is 3. The van der Waals surface area contributed by atoms with E-state index >= 15 is 0 Å². The zero-order valence-electron chi connectivity index (χ0n) is 9.40. The third-order valence-electron chi connectivity index (χ3n) is 3.17. The Morgan fingerprint density at radius 2 is 2.29 bits per heavy atom. The highest BCUT2D eigenvalue weighted by molar-refractivity contribution is 7.17. The summed E-state index contributed by atoms with van der Waals surface area (Å²) in [6, 6.07) is 8.15. The van der Waals surface area contributed by atoms with Crippen molar-refractivity contribution in [2.24, 2.45) is 5.92 Å². The molecule has 0 aliphatic carbocycles. The van der Waals surface area contributed by atoms with Crippen molar-refractivity contribution in [3.63, 3.8) is 0 Å². The van der Waals surface area contributed by atoms with Crippen LogP contribution in [0.3, 0.4) is 0 Å². The van der Waals surface area contributed by atoms with E-state index in [2.05, 4.69) is 16.7 Å². The maximum Gasteiger partial charge on any atom is 0.228 e. The number of amides is 1. The van der Waals surface area contributed by atoms with Crippen LogP contribution in [0.25, 0.3) is 10.1 Å². The summed E-state index contributed by atoms with van der Waals surface area (Å²) in [5.74, 6) is 0.257. The van der Waals surface area contributed by atoms with Gasteiger partial charge in [0.15, 0.2) is 0 Å². The second-order valence-corrected chi connectivity index (χ2v) is 5.24. The highest BCUT2D eigenvalue weighted by Gasteiger charge is 2.22. The summed E-state index contributed by atoms with van der Waals surface area (Å²) in [5, 5.41) is 9.40. The fourth-order valence-electron chi connectivity index (χ4n) is 2.19. The minimum absolute atomic E-state index is 0.119. The van der Waals surface area contributed by atoms with Gasteiger partial charge in [-0.3, -0.25) is 4.79 Å². The van der Waals surface area contributed by atoms with Crippen LogP contribution in [0.15, 0.2) is 29.6 Å². The van der Waals surface area contributed by atoms with Crippen molar-refractivity contribution >= 4 is 33.0 Å². The van der Waals surface area contributed by atoms with Gasteiger partial charge >= 0.3 is 0 Å². The molecule has 3 nitrogen and oxygen atoms in total. The molecule has 0 saturated carbocycles. The molecule has 88 valence electrons. The van der Waals surface area contributed by atoms with Gasteiger partial charge in [-0.2, -0.15) is 0 Å². The lowest BCUT2D eigenvalue weighted by Gasteiger charge is -2.08. The van der Waals surface area contributed by atoms with Crippen LogP contribution in [0.5, 0.6) is 0 Å². The summed E-state index contributed by atoms with van der Waals surface area (Å²) in [5.41, 5.74) is 0.947. The number of hydrogen-bond donors (Lipinski definition) is 2. The molecule has 4 heteroatoms. The van der Waals surface area contributed by atoms with Gasteiger partial charge in [0.05, 0.1) is 11.6 Å². The highest BCUT2D eigenvalue weighted by atomic mass is 32.1. The van der Waals surface area contributed by atoms with E-state index in [1.165, 1.54) is 4.70 Å². The van der Waals surface area contributed by atoms with Gasteiger partial charge < -0.3 is 10.6 Å². The number of anilines is 1. The number of carbonyl (C=O) groups is 1. The fraction of sp³-hybridized carbons (Fsp3) is 0.308. The van der Waals surface area contributed by atoms with Crippen molar-refractivity contribution in [2.75, 3.05) is 18.4 Å². The Labute approximate surface area is 104 Å². The van der Waals surface area contributed by atoms with Crippen LogP contribution in [0.4, 0.5) is 5.69 Å². The molecule has 3 rings (SSSR count). The molecule has 1 unspecified atom stereocenters. The molecule has 0 radical (unpaired) electrons. The topological polar surface area (TPSA) is 41.1 Å². The van der Waals surface area contributed by atoms with Crippen molar-refractivity contribution in [1.82, 2.24) is 5.32 Å². The largest absolute Gasteiger partial charge is 0.325 e. The molecule has 1 aliphatic rings. The summed E-state index contributed by atoms with van der Waals surface area (Å²) < 4.78 is 1.22. The molecule has 1 atom stereocenters. The number of thiophene rings is 1. The number of rotatable bonds is 2. The van der Waals surface area contributed by atoms with Gasteiger partial charge in [-0.05, 0) is 19.0 Å². The first-order valence-corrected chi connectivity index (χ1v) is 6.70. The van der Waals surface area contributed by atoms with Gasteiger partial charge in [0.2, 0.25) is 5.91 Å². The van der Waals surface area contributed by atoms with E-state index in [4.69, 9.17) is 0 Å². The Kier molecular flexibility index (Phi) is 2.82. The molecule has 1 saturated heterocycles. The van der Waals surface area contributed by atoms with Crippen molar-refractivity contribution in [3.05, 3.63) is 29.6 Å². The lowest BCUT2D eigenvalue weighted by atomic mass is 10.1. The van der Waals surface area contributed by atoms with Crippen LogP contribution in [-0.4, -0.2) is 19.0 Å².